The van der Waals surface area contributed by atoms with Crippen molar-refractivity contribution in [3.8, 4) is 0 Å². The molecule has 4 rings (SSSR count). The highest BCUT2D eigenvalue weighted by molar-refractivity contribution is 5.69. The van der Waals surface area contributed by atoms with Gasteiger partial charge in [0.2, 0.25) is 0 Å². The molecule has 0 aromatic carbocycles. The zero-order chi connectivity index (χ0) is 31.9. The third-order valence-corrected chi connectivity index (χ3v) is 14.2. The molecule has 0 radical (unpaired) electrons. The first kappa shape index (κ1) is 35.2. The van der Waals surface area contributed by atoms with Crippen molar-refractivity contribution < 1.29 is 24.5 Å². The van der Waals surface area contributed by atoms with E-state index in [9.17, 15) is 15.0 Å². The Labute approximate surface area is 264 Å². The lowest BCUT2D eigenvalue weighted by molar-refractivity contribution is -0.173. The molecule has 5 heteroatoms. The Kier molecular flexibility index (Phi) is 10.5. The van der Waals surface area contributed by atoms with Crippen LogP contribution in [0.3, 0.4) is 0 Å². The largest absolute Gasteiger partial charge is 0.466 e. The molecule has 3 aliphatic carbocycles. The second-order valence-corrected chi connectivity index (χ2v) is 17.4. The van der Waals surface area contributed by atoms with E-state index in [4.69, 9.17) is 9.47 Å². The van der Waals surface area contributed by atoms with E-state index in [-0.39, 0.29) is 33.4 Å². The summed E-state index contributed by atoms with van der Waals surface area (Å²) in [7, 11) is 0. The first-order valence-electron chi connectivity index (χ1n) is 18.2. The Balaban J connectivity index is 1.42. The number of hydrogen-bond acceptors (Lipinski definition) is 5. The Hall–Kier alpha value is -0.650. The number of unbranched alkanes of at least 4 members (excludes halogenated alkanes) is 4. The maximum Gasteiger partial charge on any atom is 0.305 e. The van der Waals surface area contributed by atoms with Crippen molar-refractivity contribution in [3.63, 3.8) is 0 Å². The minimum atomic E-state index is -1.04. The van der Waals surface area contributed by atoms with E-state index in [0.29, 0.717) is 43.1 Å². The highest BCUT2D eigenvalue weighted by atomic mass is 16.6. The van der Waals surface area contributed by atoms with Gasteiger partial charge in [-0.05, 0) is 138 Å². The molecule has 43 heavy (non-hydrogen) atoms. The van der Waals surface area contributed by atoms with Gasteiger partial charge >= 0.3 is 5.97 Å². The van der Waals surface area contributed by atoms with Crippen LogP contribution in [0.1, 0.15) is 165 Å². The van der Waals surface area contributed by atoms with Gasteiger partial charge in [-0.2, -0.15) is 0 Å². The van der Waals surface area contributed by atoms with Crippen LogP contribution in [0.15, 0.2) is 0 Å². The predicted molar refractivity (Wildman–Crippen MR) is 175 cm³/mol. The topological polar surface area (TPSA) is 79.3 Å². The number of epoxide rings is 1. The number of carbonyl (C=O) groups excluding carboxylic acids is 1. The molecule has 0 bridgehead atoms. The van der Waals surface area contributed by atoms with Crippen LogP contribution in [0.5, 0.6) is 0 Å². The maximum atomic E-state index is 12.4. The van der Waals surface area contributed by atoms with Gasteiger partial charge in [-0.1, -0.05) is 60.3 Å². The fourth-order valence-corrected chi connectivity index (χ4v) is 11.2. The van der Waals surface area contributed by atoms with E-state index in [1.54, 1.807) is 13.8 Å². The Morgan fingerprint density at radius 3 is 2.23 bits per heavy atom. The summed E-state index contributed by atoms with van der Waals surface area (Å²) in [4.78, 5) is 12.4. The number of rotatable bonds is 15. The molecule has 0 aromatic heterocycles. The smallest absolute Gasteiger partial charge is 0.305 e. The first-order valence-corrected chi connectivity index (χ1v) is 18.2. The fraction of sp³-hybridized carbons (Fsp3) is 0.974. The zero-order valence-corrected chi connectivity index (χ0v) is 29.5. The highest BCUT2D eigenvalue weighted by Gasteiger charge is 2.76. The van der Waals surface area contributed by atoms with E-state index >= 15 is 0 Å². The summed E-state index contributed by atoms with van der Waals surface area (Å²) >= 11 is 0. The lowest BCUT2D eigenvalue weighted by Crippen LogP contribution is -2.61. The molecule has 1 spiro atoms. The van der Waals surface area contributed by atoms with Crippen LogP contribution in [0.4, 0.5) is 0 Å². The molecule has 9 atom stereocenters. The SMILES string of the molecule is CCCCCCCC(=O)OCCC[C@H]1[C@]2(C)CC[C@@]3(C)[C@H]([C@@H](C)CC[C@H](O)C(C)(C)O)CC[C@]3(C)[C@H]2CC[C@]12OC2(C)C. The Morgan fingerprint density at radius 2 is 1.60 bits per heavy atom. The van der Waals surface area contributed by atoms with Gasteiger partial charge in [0.1, 0.15) is 5.60 Å². The molecule has 250 valence electrons. The average molecular weight is 605 g/mol. The molecule has 1 saturated heterocycles. The van der Waals surface area contributed by atoms with Crippen molar-refractivity contribution in [1.82, 2.24) is 0 Å². The van der Waals surface area contributed by atoms with Crippen LogP contribution in [-0.2, 0) is 14.3 Å². The number of carbonyl (C=O) groups is 1. The van der Waals surface area contributed by atoms with Crippen molar-refractivity contribution in [2.45, 2.75) is 188 Å². The van der Waals surface area contributed by atoms with Crippen LogP contribution in [-0.4, -0.2) is 45.7 Å². The average Bonchev–Trinajstić information content (AvgIpc) is 3.34. The molecular weight excluding hydrogens is 536 g/mol. The van der Waals surface area contributed by atoms with Crippen molar-refractivity contribution >= 4 is 5.97 Å². The molecule has 0 amide bonds. The molecule has 0 aromatic rings. The normalized spacial score (nSPS) is 39.7. The summed E-state index contributed by atoms with van der Waals surface area (Å²) in [5, 5.41) is 20.8. The van der Waals surface area contributed by atoms with Gasteiger partial charge in [0, 0.05) is 6.42 Å². The van der Waals surface area contributed by atoms with Crippen LogP contribution >= 0.6 is 0 Å². The van der Waals surface area contributed by atoms with E-state index in [2.05, 4.69) is 48.5 Å². The van der Waals surface area contributed by atoms with Gasteiger partial charge in [0.25, 0.3) is 0 Å². The summed E-state index contributed by atoms with van der Waals surface area (Å²) in [6.07, 6.45) is 16.7. The van der Waals surface area contributed by atoms with Gasteiger partial charge < -0.3 is 19.7 Å². The number of esters is 1. The summed E-state index contributed by atoms with van der Waals surface area (Å²) in [5.41, 5.74) is -0.354. The van der Waals surface area contributed by atoms with Crippen molar-refractivity contribution in [2.24, 2.45) is 39.9 Å². The van der Waals surface area contributed by atoms with Gasteiger partial charge in [0.05, 0.1) is 23.9 Å². The first-order chi connectivity index (χ1) is 20.0. The van der Waals surface area contributed by atoms with E-state index in [0.717, 1.165) is 38.5 Å². The number of hydrogen-bond donors (Lipinski definition) is 2. The van der Waals surface area contributed by atoms with Gasteiger partial charge in [-0.3, -0.25) is 4.79 Å². The minimum absolute atomic E-state index is 0.0240. The van der Waals surface area contributed by atoms with Crippen molar-refractivity contribution in [3.05, 3.63) is 0 Å². The fourth-order valence-electron chi connectivity index (χ4n) is 11.2. The summed E-state index contributed by atoms with van der Waals surface area (Å²) in [5.74, 6) is 2.32. The third kappa shape index (κ3) is 6.49. The molecule has 3 saturated carbocycles. The molecule has 5 nitrogen and oxygen atoms in total. The van der Waals surface area contributed by atoms with Crippen molar-refractivity contribution in [1.29, 1.82) is 0 Å². The molecular formula is C38H68O5. The maximum absolute atomic E-state index is 12.4. The Morgan fingerprint density at radius 1 is 0.930 bits per heavy atom. The second-order valence-electron chi connectivity index (χ2n) is 17.4. The lowest BCUT2D eigenvalue weighted by atomic mass is 9.39. The minimum Gasteiger partial charge on any atom is -0.466 e. The number of aliphatic hydroxyl groups excluding tert-OH is 1. The van der Waals surface area contributed by atoms with E-state index in [1.807, 2.05) is 0 Å². The van der Waals surface area contributed by atoms with E-state index < -0.39 is 11.7 Å². The molecule has 2 N–H and O–H groups in total. The molecule has 0 unspecified atom stereocenters. The van der Waals surface area contributed by atoms with Crippen LogP contribution in [0, 0.1) is 39.9 Å². The summed E-state index contributed by atoms with van der Waals surface area (Å²) in [6, 6.07) is 0. The van der Waals surface area contributed by atoms with Crippen LogP contribution in [0.25, 0.3) is 0 Å². The van der Waals surface area contributed by atoms with Gasteiger partial charge in [-0.15, -0.1) is 0 Å². The molecule has 4 fully saturated rings. The summed E-state index contributed by atoms with van der Waals surface area (Å²) < 4.78 is 12.4. The standard InChI is InChI=1S/C38H68O5/c1-10-11-12-13-14-17-32(40)42-26-15-16-30-35(7)24-25-36(8)28(27(2)18-19-31(39)33(3,4)41)20-22-37(36,9)29(35)21-23-38(30)34(5,6)43-38/h27-31,39,41H,10-26H2,1-9H3/t27-,28-,29-,30-,31-,35+,36-,37+,38-/m0/s1. The van der Waals surface area contributed by atoms with Crippen LogP contribution < -0.4 is 0 Å². The monoisotopic (exact) mass is 605 g/mol. The van der Waals surface area contributed by atoms with Crippen LogP contribution in [0.2, 0.25) is 0 Å². The van der Waals surface area contributed by atoms with Crippen molar-refractivity contribution in [2.75, 3.05) is 6.61 Å². The summed E-state index contributed by atoms with van der Waals surface area (Å²) in [6.45, 7) is 21.0. The highest BCUT2D eigenvalue weighted by Crippen LogP contribution is 2.77. The Bertz CT molecular complexity index is 954. The third-order valence-electron chi connectivity index (χ3n) is 14.2. The number of aliphatic hydroxyl groups is 2. The lowest BCUT2D eigenvalue weighted by Gasteiger charge is -2.65. The van der Waals surface area contributed by atoms with E-state index in [1.165, 1.54) is 51.4 Å². The predicted octanol–water partition coefficient (Wildman–Crippen LogP) is 9.01. The second kappa shape index (κ2) is 12.9. The number of ether oxygens (including phenoxy) is 2. The quantitative estimate of drug-likeness (QED) is 0.111. The number of fused-ring (bicyclic) bond motifs is 3. The molecule has 1 aliphatic heterocycles. The molecule has 4 aliphatic rings. The zero-order valence-electron chi connectivity index (χ0n) is 29.5. The van der Waals surface area contributed by atoms with Gasteiger partial charge in [0.15, 0.2) is 0 Å². The van der Waals surface area contributed by atoms with Gasteiger partial charge in [-0.25, -0.2) is 0 Å². The molecule has 1 heterocycles.